The summed E-state index contributed by atoms with van der Waals surface area (Å²) in [5, 5.41) is 7.24. The molecule has 1 aromatic carbocycles. The number of aliphatic imine (C=N–C) groups is 1. The van der Waals surface area contributed by atoms with Crippen molar-refractivity contribution in [1.29, 1.82) is 0 Å². The average Bonchev–Trinajstić information content (AvgIpc) is 2.94. The van der Waals surface area contributed by atoms with Crippen LogP contribution in [-0.4, -0.2) is 31.1 Å². The van der Waals surface area contributed by atoms with Gasteiger partial charge in [0.2, 0.25) is 0 Å². The van der Waals surface area contributed by atoms with Crippen molar-refractivity contribution in [3.05, 3.63) is 51.0 Å². The van der Waals surface area contributed by atoms with E-state index in [-0.39, 0.29) is 30.5 Å². The molecule has 1 heterocycles. The van der Waals surface area contributed by atoms with Gasteiger partial charge in [-0.15, -0.1) is 35.3 Å². The molecular formula is C19H22F3IN4S. The molecule has 0 aliphatic heterocycles. The molecule has 28 heavy (non-hydrogen) atoms. The molecule has 4 nitrogen and oxygen atoms in total. The molecule has 9 heteroatoms. The van der Waals surface area contributed by atoms with Gasteiger partial charge in [-0.05, 0) is 32.0 Å². The third-order valence-corrected chi connectivity index (χ3v) is 4.83. The van der Waals surface area contributed by atoms with Crippen LogP contribution in [0.15, 0.2) is 29.3 Å². The smallest absolute Gasteiger partial charge is 0.356 e. The highest BCUT2D eigenvalue weighted by Crippen LogP contribution is 2.29. The van der Waals surface area contributed by atoms with Crippen molar-refractivity contribution in [2.45, 2.75) is 26.4 Å². The maximum absolute atomic E-state index is 12.7. The zero-order chi connectivity index (χ0) is 19.9. The van der Waals surface area contributed by atoms with Gasteiger partial charge in [-0.25, -0.2) is 4.98 Å². The number of benzene rings is 1. The third kappa shape index (κ3) is 7.67. The SMILES string of the molecule is CN=C(NCC#Cc1cccc(C(F)(F)F)c1)NCCc1nc(C)c(C)s1.I. The lowest BCUT2D eigenvalue weighted by Gasteiger charge is -2.08. The molecule has 0 radical (unpaired) electrons. The van der Waals surface area contributed by atoms with E-state index in [0.29, 0.717) is 18.1 Å². The summed E-state index contributed by atoms with van der Waals surface area (Å²) < 4.78 is 38.1. The first-order valence-corrected chi connectivity index (χ1v) is 9.15. The van der Waals surface area contributed by atoms with Crippen molar-refractivity contribution in [3.63, 3.8) is 0 Å². The maximum atomic E-state index is 12.7. The first-order valence-electron chi connectivity index (χ1n) is 8.33. The topological polar surface area (TPSA) is 49.3 Å². The summed E-state index contributed by atoms with van der Waals surface area (Å²) >= 11 is 1.68. The molecule has 0 saturated carbocycles. The number of guanidine groups is 1. The third-order valence-electron chi connectivity index (χ3n) is 3.69. The van der Waals surface area contributed by atoms with Crippen molar-refractivity contribution in [2.75, 3.05) is 20.1 Å². The maximum Gasteiger partial charge on any atom is 0.416 e. The summed E-state index contributed by atoms with van der Waals surface area (Å²) in [6.07, 6.45) is -3.58. The number of aromatic nitrogens is 1. The van der Waals surface area contributed by atoms with Crippen LogP contribution in [0.1, 0.15) is 26.7 Å². The molecule has 0 spiro atoms. The van der Waals surface area contributed by atoms with E-state index in [1.807, 2.05) is 13.8 Å². The fourth-order valence-corrected chi connectivity index (χ4v) is 3.14. The van der Waals surface area contributed by atoms with Crippen molar-refractivity contribution >= 4 is 41.3 Å². The highest BCUT2D eigenvalue weighted by molar-refractivity contribution is 14.0. The molecule has 1 aromatic heterocycles. The summed E-state index contributed by atoms with van der Waals surface area (Å²) in [4.78, 5) is 9.80. The van der Waals surface area contributed by atoms with Crippen molar-refractivity contribution in [3.8, 4) is 11.8 Å². The minimum atomic E-state index is -4.36. The van der Waals surface area contributed by atoms with Gasteiger partial charge in [-0.1, -0.05) is 17.9 Å². The van der Waals surface area contributed by atoms with Gasteiger partial charge in [0.25, 0.3) is 0 Å². The standard InChI is InChI=1S/C19H21F3N4S.HI/c1-13-14(2)27-17(26-13)9-11-25-18(23-3)24-10-5-7-15-6-4-8-16(12-15)19(20,21)22;/h4,6,8,12H,9-11H2,1-3H3,(H2,23,24,25);1H. The first kappa shape index (κ1) is 24.2. The van der Waals surface area contributed by atoms with Crippen LogP contribution in [0, 0.1) is 25.7 Å². The largest absolute Gasteiger partial charge is 0.416 e. The lowest BCUT2D eigenvalue weighted by Crippen LogP contribution is -2.38. The lowest BCUT2D eigenvalue weighted by atomic mass is 10.1. The van der Waals surface area contributed by atoms with Crippen LogP contribution in [-0.2, 0) is 12.6 Å². The van der Waals surface area contributed by atoms with E-state index in [4.69, 9.17) is 0 Å². The van der Waals surface area contributed by atoms with Crippen molar-refractivity contribution < 1.29 is 13.2 Å². The molecule has 0 fully saturated rings. The van der Waals surface area contributed by atoms with E-state index in [2.05, 4.69) is 32.5 Å². The number of hydrogen-bond donors (Lipinski definition) is 2. The monoisotopic (exact) mass is 522 g/mol. The van der Waals surface area contributed by atoms with E-state index in [1.54, 1.807) is 24.5 Å². The summed E-state index contributed by atoms with van der Waals surface area (Å²) in [7, 11) is 1.65. The minimum absolute atomic E-state index is 0. The fourth-order valence-electron chi connectivity index (χ4n) is 2.20. The van der Waals surface area contributed by atoms with Gasteiger partial charge in [-0.3, -0.25) is 4.99 Å². The molecule has 2 rings (SSSR count). The van der Waals surface area contributed by atoms with E-state index in [9.17, 15) is 13.2 Å². The summed E-state index contributed by atoms with van der Waals surface area (Å²) in [6, 6.07) is 4.97. The van der Waals surface area contributed by atoms with Gasteiger partial charge in [0.15, 0.2) is 5.96 Å². The van der Waals surface area contributed by atoms with Crippen LogP contribution >= 0.6 is 35.3 Å². The number of hydrogen-bond acceptors (Lipinski definition) is 3. The van der Waals surface area contributed by atoms with E-state index >= 15 is 0 Å². The Morgan fingerprint density at radius 1 is 1.25 bits per heavy atom. The summed E-state index contributed by atoms with van der Waals surface area (Å²) in [5.41, 5.74) is 0.679. The zero-order valence-corrected chi connectivity index (χ0v) is 18.9. The second-order valence-corrected chi connectivity index (χ2v) is 7.02. The normalized spacial score (nSPS) is 11.3. The summed E-state index contributed by atoms with van der Waals surface area (Å²) in [5.74, 6) is 6.11. The van der Waals surface area contributed by atoms with Gasteiger partial charge in [-0.2, -0.15) is 13.2 Å². The van der Waals surface area contributed by atoms with Gasteiger partial charge in [0.1, 0.15) is 0 Å². The predicted octanol–water partition coefficient (Wildman–Crippen LogP) is 4.16. The molecule has 0 saturated heterocycles. The van der Waals surface area contributed by atoms with E-state index in [0.717, 1.165) is 29.3 Å². The van der Waals surface area contributed by atoms with Crippen molar-refractivity contribution in [2.24, 2.45) is 4.99 Å². The predicted molar refractivity (Wildman–Crippen MR) is 118 cm³/mol. The molecule has 0 atom stereocenters. The number of nitrogens with zero attached hydrogens (tertiary/aromatic N) is 2. The second-order valence-electron chi connectivity index (χ2n) is 5.73. The second kappa shape index (κ2) is 11.3. The van der Waals surface area contributed by atoms with Crippen LogP contribution in [0.4, 0.5) is 13.2 Å². The fraction of sp³-hybridized carbons (Fsp3) is 0.368. The molecular weight excluding hydrogens is 500 g/mol. The Labute approximate surface area is 184 Å². The van der Waals surface area contributed by atoms with Crippen LogP contribution < -0.4 is 10.6 Å². The molecule has 152 valence electrons. The Kier molecular flexibility index (Phi) is 9.75. The molecule has 0 aliphatic rings. The molecule has 2 N–H and O–H groups in total. The average molecular weight is 522 g/mol. The Bertz CT molecular complexity index is 847. The van der Waals surface area contributed by atoms with E-state index in [1.165, 1.54) is 10.9 Å². The van der Waals surface area contributed by atoms with Gasteiger partial charge in [0, 0.05) is 30.5 Å². The van der Waals surface area contributed by atoms with E-state index < -0.39 is 11.7 Å². The Morgan fingerprint density at radius 3 is 2.61 bits per heavy atom. The number of rotatable bonds is 4. The number of halogens is 4. The van der Waals surface area contributed by atoms with Crippen LogP contribution in [0.5, 0.6) is 0 Å². The van der Waals surface area contributed by atoms with Crippen LogP contribution in [0.3, 0.4) is 0 Å². The molecule has 0 bridgehead atoms. The quantitative estimate of drug-likeness (QED) is 0.275. The highest BCUT2D eigenvalue weighted by Gasteiger charge is 2.30. The Morgan fingerprint density at radius 2 is 2.00 bits per heavy atom. The Balaban J connectivity index is 0.00000392. The molecule has 0 amide bonds. The first-order chi connectivity index (χ1) is 12.8. The highest BCUT2D eigenvalue weighted by atomic mass is 127. The van der Waals surface area contributed by atoms with Crippen molar-refractivity contribution in [1.82, 2.24) is 15.6 Å². The molecule has 2 aromatic rings. The lowest BCUT2D eigenvalue weighted by molar-refractivity contribution is -0.137. The molecule has 0 aliphatic carbocycles. The van der Waals surface area contributed by atoms with Gasteiger partial charge >= 0.3 is 6.18 Å². The molecule has 0 unspecified atom stereocenters. The number of alkyl halides is 3. The van der Waals surface area contributed by atoms with Gasteiger partial charge < -0.3 is 10.6 Å². The Hall–Kier alpha value is -1.80. The van der Waals surface area contributed by atoms with Gasteiger partial charge in [0.05, 0.1) is 22.8 Å². The zero-order valence-electron chi connectivity index (χ0n) is 15.8. The summed E-state index contributed by atoms with van der Waals surface area (Å²) in [6.45, 7) is 4.98. The number of thiazole rings is 1. The van der Waals surface area contributed by atoms with Crippen LogP contribution in [0.25, 0.3) is 0 Å². The number of nitrogens with one attached hydrogen (secondary N) is 2. The van der Waals surface area contributed by atoms with Crippen LogP contribution in [0.2, 0.25) is 0 Å². The number of aryl methyl sites for hydroxylation is 2. The minimum Gasteiger partial charge on any atom is -0.356 e.